The van der Waals surface area contributed by atoms with Crippen LogP contribution < -0.4 is 33.7 Å². The third-order valence-electron chi connectivity index (χ3n) is 10.1. The number of benzene rings is 2. The molecule has 0 unspecified atom stereocenters. The average molecular weight is 1050 g/mol. The summed E-state index contributed by atoms with van der Waals surface area (Å²) in [4.78, 5) is 53.1. The molecule has 0 aliphatic carbocycles. The summed E-state index contributed by atoms with van der Waals surface area (Å²) in [6.07, 6.45) is 6.22. The Labute approximate surface area is 410 Å². The number of carboxylic acid groups (broad SMARTS) is 1. The molecule has 0 radical (unpaired) electrons. The van der Waals surface area contributed by atoms with Crippen molar-refractivity contribution in [1.29, 1.82) is 0 Å². The first-order valence-corrected chi connectivity index (χ1v) is 21.7. The number of carboxylic acids is 1. The van der Waals surface area contributed by atoms with E-state index in [2.05, 4.69) is 20.3 Å². The molecule has 364 valence electrons. The van der Waals surface area contributed by atoms with Crippen LogP contribution in [0.3, 0.4) is 0 Å². The minimum Gasteiger partial charge on any atom is -1.00 e. The molecule has 1 saturated heterocycles. The number of allylic oxidation sites excluding steroid dienone is 3. The van der Waals surface area contributed by atoms with Crippen molar-refractivity contribution < 1.29 is 95.9 Å². The Morgan fingerprint density at radius 3 is 2.24 bits per heavy atom. The van der Waals surface area contributed by atoms with E-state index in [-0.39, 0.29) is 69.0 Å². The summed E-state index contributed by atoms with van der Waals surface area (Å²) in [7, 11) is 0. The summed E-state index contributed by atoms with van der Waals surface area (Å²) in [5.74, 6) is -1.96. The number of aromatic amines is 1. The van der Waals surface area contributed by atoms with Crippen LogP contribution in [0.2, 0.25) is 0 Å². The number of aromatic nitrogens is 4. The van der Waals surface area contributed by atoms with Crippen molar-refractivity contribution in [2.24, 2.45) is 0 Å². The molecule has 1 fully saturated rings. The van der Waals surface area contributed by atoms with Crippen LogP contribution in [0, 0.1) is 6.92 Å². The SMILES string of the molecule is CC(=O)OC[C@@H]1C[C@H](OC(C)=O)[C@@H](OC(C)=O)[C@H](OCCOCCOCCOCCn2cc(COc3ccccc3/C(=C3\C=CC(/C=C/c4ccc(C(=O)O)cc4)=[NH+]3)c3ccc(C)[nH]3)nn2)O1.[I-]. The Morgan fingerprint density at radius 2 is 1.56 bits per heavy atom. The Kier molecular flexibility index (Phi) is 21.1. The van der Waals surface area contributed by atoms with Crippen molar-refractivity contribution in [3.05, 3.63) is 125 Å². The average Bonchev–Trinajstić information content (AvgIpc) is 4.08. The molecule has 4 atom stereocenters. The summed E-state index contributed by atoms with van der Waals surface area (Å²) in [5, 5.41) is 17.7. The Morgan fingerprint density at radius 1 is 0.853 bits per heavy atom. The minimum atomic E-state index is -1.08. The van der Waals surface area contributed by atoms with E-state index in [9.17, 15) is 24.3 Å². The predicted octanol–water partition coefficient (Wildman–Crippen LogP) is 0.368. The van der Waals surface area contributed by atoms with Gasteiger partial charge in [-0.3, -0.25) is 14.4 Å². The van der Waals surface area contributed by atoms with Crippen LogP contribution in [0.15, 0.2) is 90.8 Å². The molecule has 6 rings (SSSR count). The lowest BCUT2D eigenvalue weighted by atomic mass is 9.99. The molecule has 20 heteroatoms. The Hall–Kier alpha value is -6.04. The smallest absolute Gasteiger partial charge is 0.335 e. The number of ether oxygens (including phenoxy) is 9. The zero-order valence-corrected chi connectivity index (χ0v) is 40.4. The van der Waals surface area contributed by atoms with Gasteiger partial charge in [-0.05, 0) is 48.9 Å². The van der Waals surface area contributed by atoms with E-state index in [1.165, 1.54) is 20.8 Å². The van der Waals surface area contributed by atoms with Gasteiger partial charge in [-0.2, -0.15) is 0 Å². The fourth-order valence-electron chi connectivity index (χ4n) is 7.05. The van der Waals surface area contributed by atoms with Crippen molar-refractivity contribution in [1.82, 2.24) is 20.0 Å². The molecule has 68 heavy (non-hydrogen) atoms. The van der Waals surface area contributed by atoms with Gasteiger partial charge in [0.1, 0.15) is 30.8 Å². The maximum Gasteiger partial charge on any atom is 0.335 e. The number of para-hydroxylation sites is 1. The lowest BCUT2D eigenvalue weighted by molar-refractivity contribution is -0.384. The van der Waals surface area contributed by atoms with Gasteiger partial charge in [0, 0.05) is 56.7 Å². The van der Waals surface area contributed by atoms with Gasteiger partial charge in [0.25, 0.3) is 0 Å². The van der Waals surface area contributed by atoms with E-state index >= 15 is 0 Å². The van der Waals surface area contributed by atoms with Crippen LogP contribution in [0.4, 0.5) is 0 Å². The highest BCUT2D eigenvalue weighted by Gasteiger charge is 2.44. The van der Waals surface area contributed by atoms with E-state index in [1.54, 1.807) is 28.9 Å². The normalized spacial score (nSPS) is 18.4. The van der Waals surface area contributed by atoms with E-state index in [0.29, 0.717) is 44.4 Å². The second kappa shape index (κ2) is 27.1. The van der Waals surface area contributed by atoms with Crippen molar-refractivity contribution in [2.75, 3.05) is 52.9 Å². The van der Waals surface area contributed by atoms with Crippen molar-refractivity contribution in [3.8, 4) is 5.75 Å². The maximum absolute atomic E-state index is 11.8. The van der Waals surface area contributed by atoms with E-state index < -0.39 is 48.5 Å². The topological polar surface area (TPSA) is 232 Å². The number of aromatic carboxylic acids is 1. The van der Waals surface area contributed by atoms with Gasteiger partial charge >= 0.3 is 23.9 Å². The quantitative estimate of drug-likeness (QED) is 0.0352. The van der Waals surface area contributed by atoms with Crippen molar-refractivity contribution in [2.45, 2.75) is 71.9 Å². The number of rotatable bonds is 25. The fraction of sp³-hybridized carbons (Fsp3) is 0.396. The van der Waals surface area contributed by atoms with Crippen molar-refractivity contribution >= 4 is 41.2 Å². The number of hydrogen-bond acceptors (Lipinski definition) is 15. The lowest BCUT2D eigenvalue weighted by Gasteiger charge is -2.39. The first kappa shape index (κ1) is 52.9. The summed E-state index contributed by atoms with van der Waals surface area (Å²) >= 11 is 0. The highest BCUT2D eigenvalue weighted by Crippen LogP contribution is 2.33. The monoisotopic (exact) mass is 1050 g/mol. The van der Waals surface area contributed by atoms with E-state index in [4.69, 9.17) is 42.6 Å². The molecule has 0 spiro atoms. The van der Waals surface area contributed by atoms with Gasteiger partial charge in [-0.1, -0.05) is 35.5 Å². The Bertz CT molecular complexity index is 2430. The van der Waals surface area contributed by atoms with Gasteiger partial charge in [0.2, 0.25) is 11.4 Å². The molecule has 4 heterocycles. The first-order valence-electron chi connectivity index (χ1n) is 21.7. The van der Waals surface area contributed by atoms with E-state index in [1.807, 2.05) is 73.8 Å². The number of esters is 3. The standard InChI is InChI=1S/C48H55N5O14.HI/c1-31-9-17-41(49-31)45(42-18-16-37(50-42)15-12-35-10-13-36(14-11-35)47(57)58)40-7-5-6-8-43(40)64-29-38-28-53(52-51-38)19-20-59-21-22-60-23-24-61-25-26-62-48-46(66-34(4)56)44(65-33(3)55)27-39(67-48)30-63-32(2)54;/h5-18,28,39,44,46,48-49H,19-27,29-30H2,1-4H3,(H,57,58);1H/b15-12+,45-42-;/t39-,44-,46+,48+;/m0./s1. The summed E-state index contributed by atoms with van der Waals surface area (Å²) in [6.45, 7) is 8.27. The molecule has 2 aliphatic heterocycles. The molecular weight excluding hydrogens is 997 g/mol. The minimum absolute atomic E-state index is 0. The van der Waals surface area contributed by atoms with Gasteiger partial charge < -0.3 is 76.7 Å². The maximum atomic E-state index is 11.8. The number of nitrogens with zero attached hydrogens (tertiary/aromatic N) is 3. The second-order valence-electron chi connectivity index (χ2n) is 15.4. The molecule has 4 aromatic rings. The van der Waals surface area contributed by atoms with Gasteiger partial charge in [-0.25, -0.2) is 14.5 Å². The Balaban J connectivity index is 0.00000864. The zero-order chi connectivity index (χ0) is 47.5. The van der Waals surface area contributed by atoms with Crippen LogP contribution in [-0.4, -0.2) is 132 Å². The molecule has 0 amide bonds. The molecule has 2 aromatic heterocycles. The predicted molar refractivity (Wildman–Crippen MR) is 239 cm³/mol. The van der Waals surface area contributed by atoms with Crippen LogP contribution in [0.1, 0.15) is 65.8 Å². The van der Waals surface area contributed by atoms with Gasteiger partial charge in [0.15, 0.2) is 12.4 Å². The number of aryl methyl sites for hydroxylation is 1. The van der Waals surface area contributed by atoms with E-state index in [0.717, 1.165) is 39.5 Å². The molecule has 2 aliphatic rings. The summed E-state index contributed by atoms with van der Waals surface area (Å²) in [5.41, 5.74) is 7.23. The number of halogens is 1. The van der Waals surface area contributed by atoms with Gasteiger partial charge in [-0.15, -0.1) is 5.10 Å². The van der Waals surface area contributed by atoms with Crippen LogP contribution >= 0.6 is 0 Å². The zero-order valence-electron chi connectivity index (χ0n) is 38.2. The van der Waals surface area contributed by atoms with Crippen LogP contribution in [-0.2, 0) is 65.4 Å². The molecule has 3 N–H and O–H groups in total. The van der Waals surface area contributed by atoms with Crippen molar-refractivity contribution in [3.63, 3.8) is 0 Å². The number of hydrogen-bond donors (Lipinski definition) is 3. The molecule has 19 nitrogen and oxygen atoms in total. The van der Waals surface area contributed by atoms with Crippen LogP contribution in [0.5, 0.6) is 5.75 Å². The number of H-pyrrole nitrogens is 1. The third-order valence-corrected chi connectivity index (χ3v) is 10.1. The lowest BCUT2D eigenvalue weighted by Crippen LogP contribution is -3.00. The molecule has 0 bridgehead atoms. The highest BCUT2D eigenvalue weighted by molar-refractivity contribution is 6.04. The molecule has 2 aromatic carbocycles. The molecular formula is C48H56IN5O14. The van der Waals surface area contributed by atoms with Gasteiger partial charge in [0.05, 0.1) is 81.9 Å². The molecule has 0 saturated carbocycles. The largest absolute Gasteiger partial charge is 1.00 e. The summed E-state index contributed by atoms with van der Waals surface area (Å²) < 4.78 is 52.5. The first-order chi connectivity index (χ1) is 32.4. The number of carbonyl (C=O) groups is 4. The number of carbonyl (C=O) groups excluding carboxylic acids is 3. The number of nitrogens with one attached hydrogen (secondary N) is 2. The highest BCUT2D eigenvalue weighted by atomic mass is 127. The third kappa shape index (κ3) is 16.6. The fourth-order valence-corrected chi connectivity index (χ4v) is 7.05. The van der Waals surface area contributed by atoms with Crippen LogP contribution in [0.25, 0.3) is 11.6 Å². The summed E-state index contributed by atoms with van der Waals surface area (Å²) in [6, 6.07) is 18.6. The second-order valence-corrected chi connectivity index (χ2v) is 15.4.